The minimum Gasteiger partial charge on any atom is -0.469 e. The molecule has 0 radical (unpaired) electrons. The smallest absolute Gasteiger partial charge is 0.308 e. The zero-order valence-corrected chi connectivity index (χ0v) is 12.3. The van der Waals surface area contributed by atoms with Gasteiger partial charge >= 0.3 is 5.97 Å². The lowest BCUT2D eigenvalue weighted by Gasteiger charge is -2.48. The van der Waals surface area contributed by atoms with E-state index in [1.165, 1.54) is 7.11 Å². The van der Waals surface area contributed by atoms with Gasteiger partial charge in [0.25, 0.3) is 0 Å². The summed E-state index contributed by atoms with van der Waals surface area (Å²) in [5.41, 5.74) is -0.496. The summed E-state index contributed by atoms with van der Waals surface area (Å²) >= 11 is 0. The molecule has 1 aliphatic heterocycles. The molecule has 3 fully saturated rings. The van der Waals surface area contributed by atoms with Crippen LogP contribution in [0.25, 0.3) is 0 Å². The van der Waals surface area contributed by atoms with Gasteiger partial charge in [-0.25, -0.2) is 0 Å². The lowest BCUT2D eigenvalue weighted by atomic mass is 9.60. The zero-order chi connectivity index (χ0) is 14.8. The van der Waals surface area contributed by atoms with E-state index in [1.807, 2.05) is 12.2 Å². The second-order valence-electron chi connectivity index (χ2n) is 6.68. The third-order valence-electron chi connectivity index (χ3n) is 6.16. The Labute approximate surface area is 123 Å². The van der Waals surface area contributed by atoms with E-state index in [4.69, 9.17) is 14.2 Å². The van der Waals surface area contributed by atoms with Crippen LogP contribution in [0.2, 0.25) is 0 Å². The average Bonchev–Trinajstić information content (AvgIpc) is 3.15. The summed E-state index contributed by atoms with van der Waals surface area (Å²) in [6, 6.07) is 0. The number of Topliss-reactive ketones (excluding diaryl/α,β-unsaturated/α-hetero) is 1. The molecule has 1 spiro atoms. The molecule has 1 heterocycles. The van der Waals surface area contributed by atoms with Crippen molar-refractivity contribution in [2.45, 2.75) is 25.0 Å². The molecule has 0 amide bonds. The van der Waals surface area contributed by atoms with E-state index in [0.717, 1.165) is 6.42 Å². The van der Waals surface area contributed by atoms with Gasteiger partial charge in [0.05, 0.1) is 31.0 Å². The molecular weight excluding hydrogens is 272 g/mol. The molecule has 4 rings (SSSR count). The van der Waals surface area contributed by atoms with E-state index in [-0.39, 0.29) is 35.4 Å². The Morgan fingerprint density at radius 1 is 1.38 bits per heavy atom. The topological polar surface area (TPSA) is 61.8 Å². The quantitative estimate of drug-likeness (QED) is 0.567. The molecule has 21 heavy (non-hydrogen) atoms. The molecule has 3 aliphatic carbocycles. The number of hydrogen-bond donors (Lipinski definition) is 0. The highest BCUT2D eigenvalue weighted by Gasteiger charge is 2.71. The molecule has 6 atom stereocenters. The van der Waals surface area contributed by atoms with Crippen LogP contribution in [-0.4, -0.2) is 38.4 Å². The Balaban J connectivity index is 1.79. The lowest BCUT2D eigenvalue weighted by Crippen LogP contribution is -2.58. The van der Waals surface area contributed by atoms with Crippen molar-refractivity contribution in [2.24, 2.45) is 29.1 Å². The monoisotopic (exact) mass is 292 g/mol. The van der Waals surface area contributed by atoms with E-state index in [0.29, 0.717) is 19.4 Å². The number of allylic oxidation sites excluding steroid dienone is 1. The first-order valence-electron chi connectivity index (χ1n) is 7.59. The molecule has 0 N–H and O–H groups in total. The third-order valence-corrected chi connectivity index (χ3v) is 6.16. The number of methoxy groups -OCH3 is 2. The summed E-state index contributed by atoms with van der Waals surface area (Å²) in [5.74, 6) is -1.09. The summed E-state index contributed by atoms with van der Waals surface area (Å²) in [5, 5.41) is 0. The molecule has 0 aromatic rings. The van der Waals surface area contributed by atoms with E-state index in [2.05, 4.69) is 0 Å². The van der Waals surface area contributed by atoms with Gasteiger partial charge in [-0.3, -0.25) is 9.59 Å². The lowest BCUT2D eigenvalue weighted by molar-refractivity contribution is -0.256. The molecule has 0 unspecified atom stereocenters. The summed E-state index contributed by atoms with van der Waals surface area (Å²) in [6.07, 6.45) is 6.13. The van der Waals surface area contributed by atoms with Crippen molar-refractivity contribution in [2.75, 3.05) is 20.8 Å². The van der Waals surface area contributed by atoms with Gasteiger partial charge in [0.1, 0.15) is 0 Å². The Hall–Kier alpha value is -1.20. The van der Waals surface area contributed by atoms with Crippen LogP contribution in [0.3, 0.4) is 0 Å². The Kier molecular flexibility index (Phi) is 2.67. The Morgan fingerprint density at radius 3 is 2.90 bits per heavy atom. The molecule has 4 aliphatic rings. The molecule has 5 heteroatoms. The van der Waals surface area contributed by atoms with Crippen molar-refractivity contribution in [3.05, 3.63) is 12.2 Å². The molecule has 2 bridgehead atoms. The summed E-state index contributed by atoms with van der Waals surface area (Å²) < 4.78 is 16.5. The van der Waals surface area contributed by atoms with Gasteiger partial charge in [0, 0.05) is 13.0 Å². The number of esters is 1. The van der Waals surface area contributed by atoms with Crippen LogP contribution in [0.1, 0.15) is 19.3 Å². The molecule has 114 valence electrons. The van der Waals surface area contributed by atoms with E-state index < -0.39 is 11.2 Å². The third kappa shape index (κ3) is 1.39. The van der Waals surface area contributed by atoms with Gasteiger partial charge in [0.15, 0.2) is 11.6 Å². The van der Waals surface area contributed by atoms with Crippen molar-refractivity contribution < 1.29 is 23.8 Å². The van der Waals surface area contributed by atoms with Crippen LogP contribution >= 0.6 is 0 Å². The van der Waals surface area contributed by atoms with Crippen molar-refractivity contribution >= 4 is 11.8 Å². The molecule has 0 aromatic heterocycles. The minimum atomic E-state index is -0.816. The first-order chi connectivity index (χ1) is 10.1. The van der Waals surface area contributed by atoms with E-state index >= 15 is 0 Å². The van der Waals surface area contributed by atoms with Crippen LogP contribution in [0.15, 0.2) is 12.2 Å². The highest BCUT2D eigenvalue weighted by atomic mass is 16.7. The number of carbonyl (C=O) groups is 2. The normalized spacial score (nSPS) is 50.1. The van der Waals surface area contributed by atoms with Gasteiger partial charge < -0.3 is 14.2 Å². The SMILES string of the molecule is COC(=O)[C@H]1C[C@@H]2[C@@H]3CCO[C@]3(OC)[C@H]3C=C[C@]2(C1)C3=O. The summed E-state index contributed by atoms with van der Waals surface area (Å²) in [4.78, 5) is 24.9. The maximum atomic E-state index is 13.0. The molecule has 5 nitrogen and oxygen atoms in total. The van der Waals surface area contributed by atoms with Gasteiger partial charge in [-0.1, -0.05) is 12.2 Å². The maximum absolute atomic E-state index is 13.0. The van der Waals surface area contributed by atoms with Crippen molar-refractivity contribution in [3.8, 4) is 0 Å². The van der Waals surface area contributed by atoms with Gasteiger partial charge in [-0.2, -0.15) is 0 Å². The number of rotatable bonds is 2. The van der Waals surface area contributed by atoms with E-state index in [9.17, 15) is 9.59 Å². The van der Waals surface area contributed by atoms with Crippen molar-refractivity contribution in [1.82, 2.24) is 0 Å². The number of ketones is 1. The Bertz CT molecular complexity index is 541. The van der Waals surface area contributed by atoms with Crippen molar-refractivity contribution in [3.63, 3.8) is 0 Å². The van der Waals surface area contributed by atoms with Crippen LogP contribution in [0.5, 0.6) is 0 Å². The molecule has 0 aromatic carbocycles. The highest BCUT2D eigenvalue weighted by molar-refractivity contribution is 5.96. The number of ether oxygens (including phenoxy) is 3. The van der Waals surface area contributed by atoms with Crippen LogP contribution < -0.4 is 0 Å². The molecule has 2 saturated carbocycles. The first-order valence-corrected chi connectivity index (χ1v) is 7.59. The predicted octanol–water partition coefficient (Wildman–Crippen LogP) is 1.32. The minimum absolute atomic E-state index is 0.117. The standard InChI is InChI=1S/C16H20O5/c1-19-14(18)9-7-12-10-4-6-21-16(10,20-2)11-3-5-15(12,8-9)13(11)17/h3,5,9-12H,4,6-8H2,1-2H3/t9-,10-,11-,12+,15+,16-/m0/s1. The highest BCUT2D eigenvalue weighted by Crippen LogP contribution is 2.66. The number of hydrogen-bond acceptors (Lipinski definition) is 5. The van der Waals surface area contributed by atoms with Gasteiger partial charge in [-0.15, -0.1) is 0 Å². The zero-order valence-electron chi connectivity index (χ0n) is 12.3. The summed E-state index contributed by atoms with van der Waals surface area (Å²) in [6.45, 7) is 0.617. The predicted molar refractivity (Wildman–Crippen MR) is 72.1 cm³/mol. The molecule has 1 saturated heterocycles. The molecular formula is C16H20O5. The fourth-order valence-electron chi connectivity index (χ4n) is 5.34. The van der Waals surface area contributed by atoms with Gasteiger partial charge in [0.2, 0.25) is 0 Å². The summed E-state index contributed by atoms with van der Waals surface area (Å²) in [7, 11) is 3.03. The number of fused-ring (bicyclic) bond motifs is 4. The Morgan fingerprint density at radius 2 is 2.19 bits per heavy atom. The number of carbonyl (C=O) groups excluding carboxylic acids is 2. The average molecular weight is 292 g/mol. The first kappa shape index (κ1) is 13.5. The maximum Gasteiger partial charge on any atom is 0.308 e. The van der Waals surface area contributed by atoms with Crippen LogP contribution in [0, 0.1) is 29.1 Å². The largest absolute Gasteiger partial charge is 0.469 e. The van der Waals surface area contributed by atoms with Crippen molar-refractivity contribution in [1.29, 1.82) is 0 Å². The second-order valence-corrected chi connectivity index (χ2v) is 6.68. The fourth-order valence-corrected chi connectivity index (χ4v) is 5.34. The van der Waals surface area contributed by atoms with E-state index in [1.54, 1.807) is 7.11 Å². The fraction of sp³-hybridized carbons (Fsp3) is 0.750. The van der Waals surface area contributed by atoms with Gasteiger partial charge in [-0.05, 0) is 25.2 Å². The van der Waals surface area contributed by atoms with Crippen LogP contribution in [-0.2, 0) is 23.8 Å². The van der Waals surface area contributed by atoms with Crippen LogP contribution in [0.4, 0.5) is 0 Å². The second kappa shape index (κ2) is 4.17.